The van der Waals surface area contributed by atoms with Gasteiger partial charge in [-0.1, -0.05) is 12.1 Å². The van der Waals surface area contributed by atoms with Crippen LogP contribution in [0.2, 0.25) is 0 Å². The van der Waals surface area contributed by atoms with Gasteiger partial charge in [-0.3, -0.25) is 4.90 Å². The third-order valence-corrected chi connectivity index (χ3v) is 5.39. The summed E-state index contributed by atoms with van der Waals surface area (Å²) in [5, 5.41) is 0. The molecule has 0 spiro atoms. The van der Waals surface area contributed by atoms with E-state index in [-0.39, 0.29) is 6.10 Å². The maximum absolute atomic E-state index is 6.08. The Morgan fingerprint density at radius 1 is 1.20 bits per heavy atom. The standard InChI is InChI=1S/C18H23N3O3S/c1-22-12-17-18(19-13-25-17)21-8-6-20(7-9-21)10-14-11-23-15-4-2-3-5-16(15)24-14/h2-5,13-14H,6-12H2,1H3/t14-/m0/s1. The molecule has 7 heteroatoms. The Hall–Kier alpha value is -1.83. The van der Waals surface area contributed by atoms with E-state index < -0.39 is 0 Å². The molecule has 0 saturated carbocycles. The average molecular weight is 361 g/mol. The lowest BCUT2D eigenvalue weighted by molar-refractivity contribution is 0.0570. The molecular weight excluding hydrogens is 338 g/mol. The predicted octanol–water partition coefficient (Wildman–Crippen LogP) is 2.25. The van der Waals surface area contributed by atoms with E-state index in [4.69, 9.17) is 14.2 Å². The van der Waals surface area contributed by atoms with Crippen LogP contribution in [0.3, 0.4) is 0 Å². The minimum absolute atomic E-state index is 0.0878. The maximum atomic E-state index is 6.08. The zero-order valence-electron chi connectivity index (χ0n) is 14.4. The molecule has 2 aromatic rings. The fourth-order valence-corrected chi connectivity index (χ4v) is 4.09. The summed E-state index contributed by atoms with van der Waals surface area (Å²) in [5.41, 5.74) is 1.90. The second-order valence-electron chi connectivity index (χ2n) is 6.32. The summed E-state index contributed by atoms with van der Waals surface area (Å²) in [4.78, 5) is 10.5. The lowest BCUT2D eigenvalue weighted by Gasteiger charge is -2.37. The van der Waals surface area contributed by atoms with Gasteiger partial charge >= 0.3 is 0 Å². The van der Waals surface area contributed by atoms with Crippen LogP contribution in [-0.2, 0) is 11.3 Å². The van der Waals surface area contributed by atoms with Gasteiger partial charge in [0.1, 0.15) is 18.5 Å². The number of benzene rings is 1. The Kier molecular flexibility index (Phi) is 5.05. The molecule has 4 rings (SSSR count). The monoisotopic (exact) mass is 361 g/mol. The van der Waals surface area contributed by atoms with Gasteiger partial charge < -0.3 is 19.1 Å². The molecule has 2 aliphatic heterocycles. The van der Waals surface area contributed by atoms with Crippen LogP contribution in [0.25, 0.3) is 0 Å². The van der Waals surface area contributed by atoms with Crippen LogP contribution in [-0.4, -0.2) is 62.4 Å². The van der Waals surface area contributed by atoms with E-state index in [0.717, 1.165) is 50.0 Å². The SMILES string of the molecule is COCc1scnc1N1CCN(C[C@H]2COc3ccccc3O2)CC1. The van der Waals surface area contributed by atoms with E-state index in [1.165, 1.54) is 4.88 Å². The summed E-state index contributed by atoms with van der Waals surface area (Å²) in [6, 6.07) is 7.88. The molecule has 0 N–H and O–H groups in total. The first-order chi connectivity index (χ1) is 12.3. The number of hydrogen-bond donors (Lipinski definition) is 0. The number of para-hydroxylation sites is 2. The number of piperazine rings is 1. The summed E-state index contributed by atoms with van der Waals surface area (Å²) in [6.45, 7) is 6.10. The number of hydrogen-bond acceptors (Lipinski definition) is 7. The van der Waals surface area contributed by atoms with Gasteiger partial charge in [-0.05, 0) is 12.1 Å². The van der Waals surface area contributed by atoms with Crippen molar-refractivity contribution < 1.29 is 14.2 Å². The quantitative estimate of drug-likeness (QED) is 0.814. The summed E-state index contributed by atoms with van der Waals surface area (Å²) >= 11 is 1.66. The number of ether oxygens (including phenoxy) is 3. The van der Waals surface area contributed by atoms with E-state index in [1.54, 1.807) is 18.4 Å². The van der Waals surface area contributed by atoms with E-state index in [1.807, 2.05) is 29.8 Å². The molecule has 0 bridgehead atoms. The first-order valence-electron chi connectivity index (χ1n) is 8.60. The second kappa shape index (κ2) is 7.59. The van der Waals surface area contributed by atoms with Crippen molar-refractivity contribution in [2.75, 3.05) is 51.3 Å². The van der Waals surface area contributed by atoms with Gasteiger partial charge in [-0.2, -0.15) is 0 Å². The van der Waals surface area contributed by atoms with Gasteiger partial charge in [0.15, 0.2) is 11.5 Å². The van der Waals surface area contributed by atoms with Crippen LogP contribution in [0.4, 0.5) is 5.82 Å². The first-order valence-corrected chi connectivity index (χ1v) is 9.48. The molecule has 2 aliphatic rings. The lowest BCUT2D eigenvalue weighted by atomic mass is 10.2. The van der Waals surface area contributed by atoms with Gasteiger partial charge in [-0.15, -0.1) is 11.3 Å². The first kappa shape index (κ1) is 16.6. The molecule has 1 fully saturated rings. The Bertz CT molecular complexity index is 700. The zero-order valence-corrected chi connectivity index (χ0v) is 15.2. The number of methoxy groups -OCH3 is 1. The summed E-state index contributed by atoms with van der Waals surface area (Å²) in [5.74, 6) is 2.78. The predicted molar refractivity (Wildman–Crippen MR) is 97.8 cm³/mol. The average Bonchev–Trinajstić information content (AvgIpc) is 3.11. The van der Waals surface area contributed by atoms with Gasteiger partial charge in [0.25, 0.3) is 0 Å². The molecule has 0 unspecified atom stereocenters. The van der Waals surface area contributed by atoms with Gasteiger partial charge in [-0.25, -0.2) is 4.98 Å². The molecule has 1 aromatic carbocycles. The molecule has 1 saturated heterocycles. The van der Waals surface area contributed by atoms with Crippen LogP contribution in [0, 0.1) is 0 Å². The number of anilines is 1. The summed E-state index contributed by atoms with van der Waals surface area (Å²) in [6.07, 6.45) is 0.0878. The Morgan fingerprint density at radius 3 is 2.80 bits per heavy atom. The number of fused-ring (bicyclic) bond motifs is 1. The van der Waals surface area contributed by atoms with Gasteiger partial charge in [0, 0.05) is 39.8 Å². The largest absolute Gasteiger partial charge is 0.486 e. The summed E-state index contributed by atoms with van der Waals surface area (Å²) in [7, 11) is 1.73. The third-order valence-electron chi connectivity index (χ3n) is 4.60. The second-order valence-corrected chi connectivity index (χ2v) is 7.26. The van der Waals surface area contributed by atoms with Crippen LogP contribution in [0.5, 0.6) is 11.5 Å². The highest BCUT2D eigenvalue weighted by atomic mass is 32.1. The van der Waals surface area contributed by atoms with Crippen molar-refractivity contribution in [3.05, 3.63) is 34.7 Å². The highest BCUT2D eigenvalue weighted by Crippen LogP contribution is 2.31. The minimum atomic E-state index is 0.0878. The molecule has 25 heavy (non-hydrogen) atoms. The molecule has 6 nitrogen and oxygen atoms in total. The number of thiazole rings is 1. The topological polar surface area (TPSA) is 47.1 Å². The van der Waals surface area contributed by atoms with Gasteiger partial charge in [0.2, 0.25) is 0 Å². The third kappa shape index (κ3) is 3.73. The number of rotatable bonds is 5. The van der Waals surface area contributed by atoms with Crippen molar-refractivity contribution >= 4 is 17.2 Å². The smallest absolute Gasteiger partial charge is 0.161 e. The van der Waals surface area contributed by atoms with E-state index >= 15 is 0 Å². The molecule has 3 heterocycles. The lowest BCUT2D eigenvalue weighted by Crippen LogP contribution is -2.51. The molecule has 1 aromatic heterocycles. The normalized spacial score (nSPS) is 20.7. The Balaban J connectivity index is 1.30. The van der Waals surface area contributed by atoms with Crippen molar-refractivity contribution in [2.45, 2.75) is 12.7 Å². The van der Waals surface area contributed by atoms with E-state index in [2.05, 4.69) is 14.8 Å². The fraction of sp³-hybridized carbons (Fsp3) is 0.500. The van der Waals surface area contributed by atoms with Crippen LogP contribution in [0.1, 0.15) is 4.88 Å². The van der Waals surface area contributed by atoms with Crippen molar-refractivity contribution in [3.63, 3.8) is 0 Å². The van der Waals surface area contributed by atoms with Crippen LogP contribution < -0.4 is 14.4 Å². The van der Waals surface area contributed by atoms with E-state index in [9.17, 15) is 0 Å². The maximum Gasteiger partial charge on any atom is 0.161 e. The van der Waals surface area contributed by atoms with Crippen molar-refractivity contribution in [2.24, 2.45) is 0 Å². The molecule has 0 amide bonds. The zero-order chi connectivity index (χ0) is 17.1. The summed E-state index contributed by atoms with van der Waals surface area (Å²) < 4.78 is 17.2. The minimum Gasteiger partial charge on any atom is -0.486 e. The van der Waals surface area contributed by atoms with Crippen LogP contribution >= 0.6 is 11.3 Å². The number of nitrogens with zero attached hydrogens (tertiary/aromatic N) is 3. The molecule has 0 aliphatic carbocycles. The Labute approximate surface area is 151 Å². The molecular formula is C18H23N3O3S. The highest BCUT2D eigenvalue weighted by molar-refractivity contribution is 7.10. The Morgan fingerprint density at radius 2 is 2.00 bits per heavy atom. The van der Waals surface area contributed by atoms with E-state index in [0.29, 0.717) is 13.2 Å². The van der Waals surface area contributed by atoms with Crippen LogP contribution in [0.15, 0.2) is 29.8 Å². The number of aromatic nitrogens is 1. The van der Waals surface area contributed by atoms with Crippen molar-refractivity contribution in [3.8, 4) is 11.5 Å². The fourth-order valence-electron chi connectivity index (χ4n) is 3.34. The van der Waals surface area contributed by atoms with Crippen molar-refractivity contribution in [1.82, 2.24) is 9.88 Å². The van der Waals surface area contributed by atoms with Crippen molar-refractivity contribution in [1.29, 1.82) is 0 Å². The molecule has 134 valence electrons. The highest BCUT2D eigenvalue weighted by Gasteiger charge is 2.26. The molecule has 1 atom stereocenters. The molecule has 0 radical (unpaired) electrons. The van der Waals surface area contributed by atoms with Gasteiger partial charge in [0.05, 0.1) is 17.0 Å².